The summed E-state index contributed by atoms with van der Waals surface area (Å²) in [6.07, 6.45) is 0. The third-order valence-corrected chi connectivity index (χ3v) is 5.37. The SMILES string of the molecule is CC(=O)Nc1c(I)c(NC(C)=O)c(I)c(C(=O)O)c1I.[H-].[Na+]. The quantitative estimate of drug-likeness (QED) is 0.327. The number of amides is 2. The van der Waals surface area contributed by atoms with Gasteiger partial charge in [0.1, 0.15) is 0 Å². The Morgan fingerprint density at radius 1 is 0.905 bits per heavy atom. The first-order valence-electron chi connectivity index (χ1n) is 5.15. The number of halogens is 3. The van der Waals surface area contributed by atoms with Gasteiger partial charge in [-0.15, -0.1) is 0 Å². The normalized spacial score (nSPS) is 9.57. The topological polar surface area (TPSA) is 95.5 Å². The largest absolute Gasteiger partial charge is 1.00 e. The molecule has 1 rings (SSSR count). The number of carboxylic acids is 1. The van der Waals surface area contributed by atoms with Crippen LogP contribution in [0.2, 0.25) is 0 Å². The molecule has 0 aliphatic heterocycles. The first-order valence-corrected chi connectivity index (χ1v) is 8.39. The monoisotopic (exact) mass is 638 g/mol. The molecule has 0 spiro atoms. The fourth-order valence-electron chi connectivity index (χ4n) is 1.42. The number of aromatic carboxylic acids is 1. The van der Waals surface area contributed by atoms with Gasteiger partial charge in [0.05, 0.1) is 27.6 Å². The zero-order valence-corrected chi connectivity index (χ0v) is 19.8. The van der Waals surface area contributed by atoms with Crippen molar-refractivity contribution in [3.8, 4) is 0 Å². The van der Waals surface area contributed by atoms with E-state index in [1.165, 1.54) is 13.8 Å². The Hall–Kier alpha value is 0.820. The number of rotatable bonds is 3. The van der Waals surface area contributed by atoms with Gasteiger partial charge in [0.2, 0.25) is 11.8 Å². The molecule has 21 heavy (non-hydrogen) atoms. The summed E-state index contributed by atoms with van der Waals surface area (Å²) in [4.78, 5) is 33.9. The number of carbonyl (C=O) groups excluding carboxylic acids is 2. The van der Waals surface area contributed by atoms with E-state index in [1.807, 2.05) is 67.8 Å². The molecule has 110 valence electrons. The molecular formula is C11H10I3N2NaO4. The first-order chi connectivity index (χ1) is 9.16. The number of nitrogens with one attached hydrogen (secondary N) is 2. The maximum Gasteiger partial charge on any atom is 1.00 e. The predicted octanol–water partition coefficient (Wildman–Crippen LogP) is 0.232. The Morgan fingerprint density at radius 3 is 1.48 bits per heavy atom. The van der Waals surface area contributed by atoms with Crippen molar-refractivity contribution in [3.05, 3.63) is 16.3 Å². The van der Waals surface area contributed by atoms with E-state index in [0.717, 1.165) is 0 Å². The van der Waals surface area contributed by atoms with Crippen molar-refractivity contribution in [3.63, 3.8) is 0 Å². The van der Waals surface area contributed by atoms with E-state index >= 15 is 0 Å². The molecule has 0 aromatic heterocycles. The van der Waals surface area contributed by atoms with Gasteiger partial charge in [-0.1, -0.05) is 0 Å². The molecule has 0 saturated heterocycles. The zero-order chi connectivity index (χ0) is 15.6. The van der Waals surface area contributed by atoms with Crippen LogP contribution in [0.15, 0.2) is 0 Å². The average Bonchev–Trinajstić information content (AvgIpc) is 2.29. The number of benzene rings is 1. The summed E-state index contributed by atoms with van der Waals surface area (Å²) >= 11 is 5.71. The predicted molar refractivity (Wildman–Crippen MR) is 101 cm³/mol. The molecular weight excluding hydrogens is 628 g/mol. The van der Waals surface area contributed by atoms with Gasteiger partial charge in [-0.05, 0) is 67.8 Å². The van der Waals surface area contributed by atoms with E-state index in [-0.39, 0.29) is 48.4 Å². The minimum absolute atomic E-state index is 0. The van der Waals surface area contributed by atoms with E-state index in [1.54, 1.807) is 0 Å². The second kappa shape index (κ2) is 9.20. The molecule has 0 heterocycles. The molecule has 0 aliphatic carbocycles. The van der Waals surface area contributed by atoms with Gasteiger partial charge < -0.3 is 17.2 Å². The summed E-state index contributed by atoms with van der Waals surface area (Å²) < 4.78 is 1.44. The number of hydrogen-bond donors (Lipinski definition) is 3. The zero-order valence-electron chi connectivity index (χ0n) is 12.3. The van der Waals surface area contributed by atoms with Crippen molar-refractivity contribution in [2.45, 2.75) is 13.8 Å². The van der Waals surface area contributed by atoms with Crippen LogP contribution in [0.3, 0.4) is 0 Å². The van der Waals surface area contributed by atoms with Gasteiger partial charge in [0, 0.05) is 13.8 Å². The molecule has 2 amide bonds. The van der Waals surface area contributed by atoms with Crippen LogP contribution in [0.5, 0.6) is 0 Å². The third kappa shape index (κ3) is 5.44. The molecule has 0 radical (unpaired) electrons. The van der Waals surface area contributed by atoms with Crippen LogP contribution in [-0.4, -0.2) is 22.9 Å². The number of carbonyl (C=O) groups is 3. The summed E-state index contributed by atoms with van der Waals surface area (Å²) in [6.45, 7) is 2.67. The van der Waals surface area contributed by atoms with Crippen molar-refractivity contribution in [2.75, 3.05) is 10.6 Å². The fourth-order valence-corrected chi connectivity index (χ4v) is 5.59. The molecule has 0 unspecified atom stereocenters. The van der Waals surface area contributed by atoms with E-state index in [0.29, 0.717) is 22.1 Å². The molecule has 0 bridgehead atoms. The summed E-state index contributed by atoms with van der Waals surface area (Å²) in [5, 5.41) is 14.5. The number of carboxylic acid groups (broad SMARTS) is 1. The minimum Gasteiger partial charge on any atom is -1.00 e. The van der Waals surface area contributed by atoms with Gasteiger partial charge in [-0.3, -0.25) is 9.59 Å². The van der Waals surface area contributed by atoms with Crippen molar-refractivity contribution >= 4 is 96.9 Å². The van der Waals surface area contributed by atoms with E-state index in [9.17, 15) is 19.5 Å². The van der Waals surface area contributed by atoms with E-state index in [2.05, 4.69) is 10.6 Å². The molecule has 0 aliphatic rings. The standard InChI is InChI=1S/C11H9I3N2O4.Na.H/c1-3(17)15-9-6(12)5(11(19)20)7(13)10(8(9)14)16-4(2)18;;/h1-2H3,(H,15,17)(H,16,18)(H,19,20);;/q;+1;-1. The second-order valence-corrected chi connectivity index (χ2v) is 6.97. The fraction of sp³-hybridized carbons (Fsp3) is 0.182. The molecule has 3 N–H and O–H groups in total. The molecule has 6 nitrogen and oxygen atoms in total. The Morgan fingerprint density at radius 2 is 1.24 bits per heavy atom. The van der Waals surface area contributed by atoms with Gasteiger partial charge in [-0.2, -0.15) is 0 Å². The minimum atomic E-state index is -1.12. The molecule has 0 fully saturated rings. The third-order valence-electron chi connectivity index (χ3n) is 2.13. The van der Waals surface area contributed by atoms with Gasteiger partial charge in [0.15, 0.2) is 0 Å². The van der Waals surface area contributed by atoms with Crippen molar-refractivity contribution < 1.29 is 50.5 Å². The van der Waals surface area contributed by atoms with E-state index in [4.69, 9.17) is 0 Å². The smallest absolute Gasteiger partial charge is 1.00 e. The maximum absolute atomic E-state index is 11.4. The maximum atomic E-state index is 11.4. The van der Waals surface area contributed by atoms with Crippen molar-refractivity contribution in [1.82, 2.24) is 0 Å². The van der Waals surface area contributed by atoms with Crippen LogP contribution >= 0.6 is 67.8 Å². The summed E-state index contributed by atoms with van der Waals surface area (Å²) in [5.74, 6) is -1.74. The molecule has 10 heteroatoms. The molecule has 1 aromatic carbocycles. The number of hydrogen-bond acceptors (Lipinski definition) is 3. The van der Waals surface area contributed by atoms with Crippen LogP contribution in [0.1, 0.15) is 25.6 Å². The van der Waals surface area contributed by atoms with Crippen molar-refractivity contribution in [2.24, 2.45) is 0 Å². The molecule has 0 saturated carbocycles. The van der Waals surface area contributed by atoms with Crippen molar-refractivity contribution in [1.29, 1.82) is 0 Å². The second-order valence-electron chi connectivity index (χ2n) is 3.73. The molecule has 0 atom stereocenters. The average molecular weight is 638 g/mol. The van der Waals surface area contributed by atoms with Crippen LogP contribution in [0, 0.1) is 10.7 Å². The summed E-state index contributed by atoms with van der Waals surface area (Å²) in [7, 11) is 0. The Kier molecular flexibility index (Phi) is 9.56. The van der Waals surface area contributed by atoms with Crippen LogP contribution in [0.25, 0.3) is 0 Å². The first kappa shape index (κ1) is 21.8. The van der Waals surface area contributed by atoms with Crippen LogP contribution in [0.4, 0.5) is 11.4 Å². The van der Waals surface area contributed by atoms with Crippen LogP contribution < -0.4 is 40.2 Å². The van der Waals surface area contributed by atoms with E-state index < -0.39 is 5.97 Å². The Bertz CT molecular complexity index is 585. The van der Waals surface area contributed by atoms with Gasteiger partial charge in [0.25, 0.3) is 0 Å². The van der Waals surface area contributed by atoms with Gasteiger partial charge >= 0.3 is 35.5 Å². The Balaban J connectivity index is 0. The molecule has 1 aromatic rings. The van der Waals surface area contributed by atoms with Crippen LogP contribution in [-0.2, 0) is 9.59 Å². The summed E-state index contributed by atoms with van der Waals surface area (Å²) in [5.41, 5.74) is 0.833. The summed E-state index contributed by atoms with van der Waals surface area (Å²) in [6, 6.07) is 0. The number of anilines is 2. The van der Waals surface area contributed by atoms with Gasteiger partial charge in [-0.25, -0.2) is 4.79 Å². The Labute approximate surface area is 185 Å².